The number of amides is 1. The summed E-state index contributed by atoms with van der Waals surface area (Å²) in [5.74, 6) is -0.279. The lowest BCUT2D eigenvalue weighted by atomic mass is 9.93. The summed E-state index contributed by atoms with van der Waals surface area (Å²) in [5, 5.41) is 4.53. The van der Waals surface area contributed by atoms with Gasteiger partial charge in [0.1, 0.15) is 0 Å². The van der Waals surface area contributed by atoms with Crippen LogP contribution >= 0.6 is 0 Å². The fraction of sp³-hybridized carbons (Fsp3) is 0.240. The average Bonchev–Trinajstić information content (AvgIpc) is 2.78. The first kappa shape index (κ1) is 21.7. The van der Waals surface area contributed by atoms with E-state index in [1.54, 1.807) is 38.1 Å². The highest BCUT2D eigenvalue weighted by atomic mass is 32.2. The Morgan fingerprint density at radius 1 is 1.19 bits per heavy atom. The molecule has 1 aliphatic heterocycles. The summed E-state index contributed by atoms with van der Waals surface area (Å²) in [4.78, 5) is 21.3. The Labute approximate surface area is 187 Å². The average molecular weight is 446 g/mol. The zero-order valence-corrected chi connectivity index (χ0v) is 19.0. The molecule has 6 nitrogen and oxygen atoms in total. The van der Waals surface area contributed by atoms with Gasteiger partial charge in [0, 0.05) is 36.2 Å². The van der Waals surface area contributed by atoms with Crippen molar-refractivity contribution < 1.29 is 13.2 Å². The summed E-state index contributed by atoms with van der Waals surface area (Å²) < 4.78 is 23.9. The predicted octanol–water partition coefficient (Wildman–Crippen LogP) is 2.68. The molecule has 0 bridgehead atoms. The molecule has 1 amide bonds. The van der Waals surface area contributed by atoms with Crippen molar-refractivity contribution in [1.29, 1.82) is 0 Å². The third-order valence-electron chi connectivity index (χ3n) is 5.78. The number of rotatable bonds is 5. The van der Waals surface area contributed by atoms with Crippen LogP contribution in [0.1, 0.15) is 36.2 Å². The molecule has 3 aromatic rings. The number of sulfone groups is 1. The fourth-order valence-corrected chi connectivity index (χ4v) is 4.10. The normalized spacial score (nSPS) is 13.2. The largest absolute Gasteiger partial charge is 0.320 e. The first-order valence-corrected chi connectivity index (χ1v) is 12.1. The third-order valence-corrected chi connectivity index (χ3v) is 7.87. The number of carbonyl (C=O) groups is 1. The number of benzene rings is 2. The van der Waals surface area contributed by atoms with Gasteiger partial charge in [-0.2, -0.15) is 0 Å². The fourth-order valence-electron chi connectivity index (χ4n) is 3.55. The second-order valence-electron chi connectivity index (χ2n) is 8.27. The van der Waals surface area contributed by atoms with E-state index < -0.39 is 14.6 Å². The van der Waals surface area contributed by atoms with E-state index in [0.29, 0.717) is 23.4 Å². The van der Waals surface area contributed by atoms with Crippen molar-refractivity contribution in [1.82, 2.24) is 4.98 Å². The molecular formula is C25H23N3O3S. The predicted molar refractivity (Wildman–Crippen MR) is 124 cm³/mol. The molecule has 0 unspecified atom stereocenters. The van der Waals surface area contributed by atoms with Crippen LogP contribution in [0.3, 0.4) is 0 Å². The molecule has 2 aromatic carbocycles. The van der Waals surface area contributed by atoms with Gasteiger partial charge in [-0.1, -0.05) is 18.2 Å². The topological polar surface area (TPSA) is 88.5 Å². The minimum absolute atomic E-state index is 0.279. The van der Waals surface area contributed by atoms with Gasteiger partial charge in [0.05, 0.1) is 22.0 Å². The van der Waals surface area contributed by atoms with Gasteiger partial charge >= 0.3 is 0 Å². The maximum absolute atomic E-state index is 12.8. The van der Waals surface area contributed by atoms with E-state index in [9.17, 15) is 13.2 Å². The van der Waals surface area contributed by atoms with Crippen molar-refractivity contribution >= 4 is 27.5 Å². The molecule has 0 saturated carbocycles. The van der Waals surface area contributed by atoms with E-state index in [1.165, 1.54) is 12.5 Å². The van der Waals surface area contributed by atoms with E-state index >= 15 is 0 Å². The van der Waals surface area contributed by atoms with Crippen molar-refractivity contribution in [3.8, 4) is 11.1 Å². The van der Waals surface area contributed by atoms with Gasteiger partial charge < -0.3 is 5.32 Å². The van der Waals surface area contributed by atoms with Crippen LogP contribution in [-0.2, 0) is 14.6 Å². The monoisotopic (exact) mass is 445 g/mol. The summed E-state index contributed by atoms with van der Waals surface area (Å²) in [6.45, 7) is 4.09. The van der Waals surface area contributed by atoms with Gasteiger partial charge in [0.2, 0.25) is 0 Å². The quantitative estimate of drug-likeness (QED) is 0.654. The van der Waals surface area contributed by atoms with Gasteiger partial charge in [-0.15, -0.1) is 0 Å². The molecule has 2 heterocycles. The number of carbonyl (C=O) groups excluding carboxylic acids is 1. The third kappa shape index (κ3) is 4.14. The number of nitrogens with one attached hydrogen (secondary N) is 1. The summed E-state index contributed by atoms with van der Waals surface area (Å²) in [6, 6.07) is 15.3. The Balaban J connectivity index is 1.83. The molecule has 4 rings (SSSR count). The Hall–Kier alpha value is -3.50. The van der Waals surface area contributed by atoms with Crippen LogP contribution in [-0.4, -0.2) is 32.1 Å². The summed E-state index contributed by atoms with van der Waals surface area (Å²) in [7, 11) is -3.36. The van der Waals surface area contributed by atoms with Crippen LogP contribution in [0.2, 0.25) is 0 Å². The molecule has 0 aliphatic carbocycles. The minimum atomic E-state index is -3.36. The van der Waals surface area contributed by atoms with Gasteiger partial charge in [-0.25, -0.2) is 13.4 Å². The molecule has 0 saturated heterocycles. The first-order valence-electron chi connectivity index (χ1n) is 10.2. The van der Waals surface area contributed by atoms with Gasteiger partial charge in [-0.05, 0) is 66.9 Å². The molecule has 1 N–H and O–H groups in total. The van der Waals surface area contributed by atoms with Crippen LogP contribution in [0.4, 0.5) is 5.69 Å². The molecule has 7 heteroatoms. The Morgan fingerprint density at radius 3 is 2.72 bits per heavy atom. The minimum Gasteiger partial charge on any atom is -0.320 e. The molecule has 162 valence electrons. The lowest BCUT2D eigenvalue weighted by Crippen LogP contribution is -2.35. The van der Waals surface area contributed by atoms with Crippen LogP contribution in [0, 0.1) is 12.3 Å². The number of hydrogen-bond acceptors (Lipinski definition) is 5. The summed E-state index contributed by atoms with van der Waals surface area (Å²) in [5.41, 5.74) is 3.29. The van der Waals surface area contributed by atoms with Gasteiger partial charge in [0.15, 0.2) is 9.84 Å². The summed E-state index contributed by atoms with van der Waals surface area (Å²) in [6.07, 6.45) is 8.19. The van der Waals surface area contributed by atoms with E-state index in [4.69, 9.17) is 4.99 Å². The molecule has 0 spiro atoms. The highest BCUT2D eigenvalue weighted by molar-refractivity contribution is 7.91. The molecule has 1 aromatic heterocycles. The SMILES string of the molecule is CC(C)(c1cc(-c2cccc(C(=O)Nc3cc#cnc3)c2)c2c(c1)=CCCN=2)S(C)(=O)=O. The zero-order valence-electron chi connectivity index (χ0n) is 18.1. The second-order valence-corrected chi connectivity index (χ2v) is 10.8. The van der Waals surface area contributed by atoms with Crippen molar-refractivity contribution in [3.63, 3.8) is 0 Å². The maximum atomic E-state index is 12.8. The Bertz CT molecular complexity index is 1410. The van der Waals surface area contributed by atoms with Crippen molar-refractivity contribution in [2.45, 2.75) is 25.0 Å². The standard InChI is InChI=1S/C25H23N3O3S/c1-25(2,32(3,30)31)20-14-18-9-5-12-27-23(18)22(15-20)17-7-4-8-19(13-17)24(29)28-21-10-6-11-26-16-21/h4,7-10,13-16H,5,12H2,1-3H3,(H,28,29). The van der Waals surface area contributed by atoms with Gasteiger partial charge in [0.25, 0.3) is 5.91 Å². The summed E-state index contributed by atoms with van der Waals surface area (Å²) >= 11 is 0. The Kier molecular flexibility index (Phi) is 5.57. The number of nitrogens with zero attached hydrogens (tertiary/aromatic N) is 2. The number of aromatic nitrogens is 1. The van der Waals surface area contributed by atoms with E-state index in [0.717, 1.165) is 28.1 Å². The smallest absolute Gasteiger partial charge is 0.255 e. The van der Waals surface area contributed by atoms with Crippen LogP contribution in [0.5, 0.6) is 0 Å². The highest BCUT2D eigenvalue weighted by Gasteiger charge is 2.33. The van der Waals surface area contributed by atoms with Crippen LogP contribution in [0.15, 0.2) is 53.7 Å². The van der Waals surface area contributed by atoms with Crippen molar-refractivity contribution in [2.75, 3.05) is 18.1 Å². The van der Waals surface area contributed by atoms with Crippen LogP contribution < -0.4 is 15.9 Å². The number of anilines is 1. The van der Waals surface area contributed by atoms with Crippen molar-refractivity contribution in [3.05, 3.63) is 82.6 Å². The van der Waals surface area contributed by atoms with E-state index in [2.05, 4.69) is 28.6 Å². The first-order chi connectivity index (χ1) is 15.2. The molecule has 0 atom stereocenters. The Morgan fingerprint density at radius 2 is 2.00 bits per heavy atom. The van der Waals surface area contributed by atoms with E-state index in [1.807, 2.05) is 18.2 Å². The maximum Gasteiger partial charge on any atom is 0.255 e. The second kappa shape index (κ2) is 8.21. The molecule has 32 heavy (non-hydrogen) atoms. The molecule has 0 radical (unpaired) electrons. The molecule has 0 fully saturated rings. The number of fused-ring (bicyclic) bond motifs is 1. The van der Waals surface area contributed by atoms with E-state index in [-0.39, 0.29) is 5.91 Å². The lowest BCUT2D eigenvalue weighted by molar-refractivity contribution is 0.102. The van der Waals surface area contributed by atoms with Crippen molar-refractivity contribution in [2.24, 2.45) is 4.99 Å². The molecular weight excluding hydrogens is 422 g/mol. The highest BCUT2D eigenvalue weighted by Crippen LogP contribution is 2.30. The zero-order chi connectivity index (χ0) is 22.9. The number of hydrogen-bond donors (Lipinski definition) is 1. The molecule has 1 aliphatic rings. The van der Waals surface area contributed by atoms with Crippen LogP contribution in [0.25, 0.3) is 17.2 Å². The van der Waals surface area contributed by atoms with Gasteiger partial charge in [-0.3, -0.25) is 9.79 Å². The lowest BCUT2D eigenvalue weighted by Gasteiger charge is -2.24.